The summed E-state index contributed by atoms with van der Waals surface area (Å²) in [6.07, 6.45) is 3.72. The van der Waals surface area contributed by atoms with Crippen molar-refractivity contribution in [3.8, 4) is 5.69 Å². The van der Waals surface area contributed by atoms with Gasteiger partial charge in [-0.1, -0.05) is 30.0 Å². The van der Waals surface area contributed by atoms with Crippen molar-refractivity contribution in [1.82, 2.24) is 14.8 Å². The highest BCUT2D eigenvalue weighted by molar-refractivity contribution is 7.98. The van der Waals surface area contributed by atoms with Crippen molar-refractivity contribution in [2.24, 2.45) is 0 Å². The molecular weight excluding hydrogens is 268 g/mol. The lowest BCUT2D eigenvalue weighted by Crippen LogP contribution is -1.95. The molecule has 0 aliphatic rings. The first-order valence-corrected chi connectivity index (χ1v) is 7.25. The fourth-order valence-electron chi connectivity index (χ4n) is 1.83. The Balaban J connectivity index is 1.71. The van der Waals surface area contributed by atoms with Gasteiger partial charge in [0.1, 0.15) is 5.03 Å². The Labute approximate surface area is 121 Å². The van der Waals surface area contributed by atoms with Gasteiger partial charge in [0.05, 0.1) is 17.1 Å². The van der Waals surface area contributed by atoms with E-state index in [1.807, 2.05) is 59.4 Å². The summed E-state index contributed by atoms with van der Waals surface area (Å²) in [5.74, 6) is 0.751. The molecule has 20 heavy (non-hydrogen) atoms. The second-order valence-electron chi connectivity index (χ2n) is 4.27. The number of rotatable bonds is 4. The van der Waals surface area contributed by atoms with Crippen LogP contribution < -0.4 is 5.73 Å². The molecule has 100 valence electrons. The van der Waals surface area contributed by atoms with E-state index in [2.05, 4.69) is 10.1 Å². The number of hydrogen-bond donors (Lipinski definition) is 1. The molecule has 1 aromatic carbocycles. The molecule has 0 aliphatic heterocycles. The molecule has 3 rings (SSSR count). The Hall–Kier alpha value is -2.27. The molecule has 0 aliphatic carbocycles. The van der Waals surface area contributed by atoms with E-state index < -0.39 is 0 Å². The molecule has 3 aromatic rings. The number of para-hydroxylation sites is 1. The van der Waals surface area contributed by atoms with E-state index in [1.54, 1.807) is 18.0 Å². The lowest BCUT2D eigenvalue weighted by molar-refractivity contribution is 0.859. The van der Waals surface area contributed by atoms with Gasteiger partial charge in [-0.3, -0.25) is 0 Å². The van der Waals surface area contributed by atoms with Gasteiger partial charge in [0, 0.05) is 18.1 Å². The lowest BCUT2D eigenvalue weighted by Gasteiger charge is -2.02. The average Bonchev–Trinajstić information content (AvgIpc) is 2.96. The Kier molecular flexibility index (Phi) is 3.69. The van der Waals surface area contributed by atoms with E-state index >= 15 is 0 Å². The van der Waals surface area contributed by atoms with Crippen LogP contribution in [0.2, 0.25) is 0 Å². The van der Waals surface area contributed by atoms with Crippen LogP contribution >= 0.6 is 11.8 Å². The molecule has 4 nitrogen and oxygen atoms in total. The van der Waals surface area contributed by atoms with Gasteiger partial charge in [-0.25, -0.2) is 9.67 Å². The molecule has 0 radical (unpaired) electrons. The molecule has 0 unspecified atom stereocenters. The van der Waals surface area contributed by atoms with Crippen LogP contribution in [0.4, 0.5) is 5.69 Å². The number of benzene rings is 1. The Morgan fingerprint density at radius 3 is 2.70 bits per heavy atom. The maximum atomic E-state index is 5.87. The number of aromatic nitrogens is 3. The van der Waals surface area contributed by atoms with Crippen LogP contribution in [0.5, 0.6) is 0 Å². The summed E-state index contributed by atoms with van der Waals surface area (Å²) in [7, 11) is 0. The largest absolute Gasteiger partial charge is 0.397 e. The molecule has 2 aromatic heterocycles. The highest BCUT2D eigenvalue weighted by atomic mass is 32.2. The smallest absolute Gasteiger partial charge is 0.119 e. The van der Waals surface area contributed by atoms with Crippen molar-refractivity contribution in [1.29, 1.82) is 0 Å². The van der Waals surface area contributed by atoms with E-state index in [4.69, 9.17) is 5.73 Å². The first-order valence-electron chi connectivity index (χ1n) is 6.26. The Bertz CT molecular complexity index is 694. The van der Waals surface area contributed by atoms with E-state index in [1.165, 1.54) is 0 Å². The van der Waals surface area contributed by atoms with Crippen molar-refractivity contribution >= 4 is 17.4 Å². The van der Waals surface area contributed by atoms with Crippen LogP contribution in [-0.4, -0.2) is 14.8 Å². The minimum atomic E-state index is 0.708. The fourth-order valence-corrected chi connectivity index (χ4v) is 2.64. The molecule has 0 saturated carbocycles. The number of nitrogen functional groups attached to an aromatic ring is 1. The molecule has 2 N–H and O–H groups in total. The zero-order valence-corrected chi connectivity index (χ0v) is 11.6. The Morgan fingerprint density at radius 1 is 1.05 bits per heavy atom. The zero-order valence-electron chi connectivity index (χ0n) is 10.8. The zero-order chi connectivity index (χ0) is 13.8. The highest BCUT2D eigenvalue weighted by Gasteiger charge is 2.04. The predicted octanol–water partition coefficient (Wildman–Crippen LogP) is 3.14. The van der Waals surface area contributed by atoms with E-state index in [0.29, 0.717) is 5.69 Å². The maximum absolute atomic E-state index is 5.87. The summed E-state index contributed by atoms with van der Waals surface area (Å²) in [6, 6.07) is 15.8. The van der Waals surface area contributed by atoms with E-state index in [0.717, 1.165) is 22.2 Å². The number of pyridine rings is 1. The maximum Gasteiger partial charge on any atom is 0.119 e. The quantitative estimate of drug-likeness (QED) is 0.747. The van der Waals surface area contributed by atoms with Gasteiger partial charge < -0.3 is 5.73 Å². The van der Waals surface area contributed by atoms with Crippen molar-refractivity contribution < 1.29 is 0 Å². The van der Waals surface area contributed by atoms with Crippen LogP contribution in [0.15, 0.2) is 66.0 Å². The van der Waals surface area contributed by atoms with Crippen molar-refractivity contribution in [3.63, 3.8) is 0 Å². The van der Waals surface area contributed by atoms with E-state index in [9.17, 15) is 0 Å². The standard InChI is InChI=1S/C15H14N4S/c16-14-7-4-9-17-15(14)20-11-12-8-10-19(18-12)13-5-2-1-3-6-13/h1-10H,11,16H2. The van der Waals surface area contributed by atoms with Gasteiger partial charge in [0.25, 0.3) is 0 Å². The number of anilines is 1. The van der Waals surface area contributed by atoms with Crippen LogP contribution in [0.3, 0.4) is 0 Å². The summed E-state index contributed by atoms with van der Waals surface area (Å²) < 4.78 is 1.87. The third-order valence-corrected chi connectivity index (χ3v) is 3.88. The van der Waals surface area contributed by atoms with Crippen LogP contribution in [-0.2, 0) is 5.75 Å². The molecule has 0 spiro atoms. The normalized spacial score (nSPS) is 10.6. The summed E-state index contributed by atoms with van der Waals surface area (Å²) in [5.41, 5.74) is 8.64. The third kappa shape index (κ3) is 2.83. The SMILES string of the molecule is Nc1cccnc1SCc1ccn(-c2ccccc2)n1. The molecule has 0 fully saturated rings. The van der Waals surface area contributed by atoms with Crippen LogP contribution in [0, 0.1) is 0 Å². The summed E-state index contributed by atoms with van der Waals surface area (Å²) in [5, 5.41) is 5.40. The molecular formula is C15H14N4S. The topological polar surface area (TPSA) is 56.7 Å². The molecule has 0 atom stereocenters. The summed E-state index contributed by atoms with van der Waals surface area (Å²) in [6.45, 7) is 0. The molecule has 5 heteroatoms. The Morgan fingerprint density at radius 2 is 1.90 bits per heavy atom. The van der Waals surface area contributed by atoms with Gasteiger partial charge in [-0.15, -0.1) is 0 Å². The molecule has 0 saturated heterocycles. The first-order chi connectivity index (χ1) is 9.83. The monoisotopic (exact) mass is 282 g/mol. The van der Waals surface area contributed by atoms with Crippen molar-refractivity contribution in [2.75, 3.05) is 5.73 Å². The van der Waals surface area contributed by atoms with Gasteiger partial charge in [0.15, 0.2) is 0 Å². The van der Waals surface area contributed by atoms with E-state index in [-0.39, 0.29) is 0 Å². The second kappa shape index (κ2) is 5.79. The second-order valence-corrected chi connectivity index (χ2v) is 5.24. The van der Waals surface area contributed by atoms with Gasteiger partial charge >= 0.3 is 0 Å². The third-order valence-electron chi connectivity index (χ3n) is 2.82. The average molecular weight is 282 g/mol. The minimum Gasteiger partial charge on any atom is -0.397 e. The summed E-state index contributed by atoms with van der Waals surface area (Å²) in [4.78, 5) is 4.26. The van der Waals surface area contributed by atoms with Crippen LogP contribution in [0.25, 0.3) is 5.69 Å². The molecule has 0 bridgehead atoms. The number of thioether (sulfide) groups is 1. The molecule has 2 heterocycles. The van der Waals surface area contributed by atoms with Crippen molar-refractivity contribution in [3.05, 3.63) is 66.6 Å². The van der Waals surface area contributed by atoms with Gasteiger partial charge in [0.2, 0.25) is 0 Å². The number of hydrogen-bond acceptors (Lipinski definition) is 4. The predicted molar refractivity (Wildman–Crippen MR) is 81.8 cm³/mol. The summed E-state index contributed by atoms with van der Waals surface area (Å²) >= 11 is 1.60. The fraction of sp³-hybridized carbons (Fsp3) is 0.0667. The van der Waals surface area contributed by atoms with Crippen LogP contribution in [0.1, 0.15) is 5.69 Å². The lowest BCUT2D eigenvalue weighted by atomic mass is 10.3. The number of nitrogens with two attached hydrogens (primary N) is 1. The molecule has 0 amide bonds. The van der Waals surface area contributed by atoms with Gasteiger partial charge in [-0.2, -0.15) is 5.10 Å². The van der Waals surface area contributed by atoms with Crippen molar-refractivity contribution in [2.45, 2.75) is 10.8 Å². The first kappa shape index (κ1) is 12.7. The number of nitrogens with zero attached hydrogens (tertiary/aromatic N) is 3. The highest BCUT2D eigenvalue weighted by Crippen LogP contribution is 2.24. The minimum absolute atomic E-state index is 0.708. The van der Waals surface area contributed by atoms with Gasteiger partial charge in [-0.05, 0) is 30.3 Å².